The van der Waals surface area contributed by atoms with Gasteiger partial charge in [-0.1, -0.05) is 32.4 Å². The average molecular weight is 366 g/mol. The number of carbonyl (C=O) groups excluding carboxylic acids is 2. The number of ether oxygens (including phenoxy) is 1. The Kier molecular flexibility index (Phi) is 6.88. The number of esters is 1. The van der Waals surface area contributed by atoms with E-state index in [1.165, 1.54) is 0 Å². The molecule has 5 heteroatoms. The summed E-state index contributed by atoms with van der Waals surface area (Å²) in [5.41, 5.74) is 0.984. The molecule has 1 fully saturated rings. The lowest BCUT2D eigenvalue weighted by molar-refractivity contribution is -0.152. The number of amides is 1. The van der Waals surface area contributed by atoms with E-state index < -0.39 is 0 Å². The molecule has 25 heavy (non-hydrogen) atoms. The molecule has 1 saturated carbocycles. The highest BCUT2D eigenvalue weighted by molar-refractivity contribution is 6.30. The molecule has 1 aliphatic rings. The van der Waals surface area contributed by atoms with E-state index in [0.29, 0.717) is 22.0 Å². The molecule has 1 aromatic carbocycles. The number of anilines is 1. The van der Waals surface area contributed by atoms with Crippen LogP contribution in [0.3, 0.4) is 0 Å². The molecule has 1 amide bonds. The van der Waals surface area contributed by atoms with Crippen molar-refractivity contribution in [3.63, 3.8) is 0 Å². The number of halogens is 1. The van der Waals surface area contributed by atoms with Crippen LogP contribution in [0, 0.1) is 11.3 Å². The third-order valence-corrected chi connectivity index (χ3v) is 5.13. The van der Waals surface area contributed by atoms with Crippen LogP contribution >= 0.6 is 11.6 Å². The van der Waals surface area contributed by atoms with Gasteiger partial charge in [0, 0.05) is 17.1 Å². The van der Waals surface area contributed by atoms with E-state index in [1.54, 1.807) is 24.3 Å². The first-order valence-corrected chi connectivity index (χ1v) is 9.37. The number of rotatable bonds is 5. The van der Waals surface area contributed by atoms with Gasteiger partial charge in [0.15, 0.2) is 0 Å². The maximum atomic E-state index is 12.0. The molecule has 0 heterocycles. The van der Waals surface area contributed by atoms with E-state index in [-0.39, 0.29) is 30.8 Å². The van der Waals surface area contributed by atoms with Gasteiger partial charge in [-0.3, -0.25) is 9.59 Å². The van der Waals surface area contributed by atoms with Crippen molar-refractivity contribution >= 4 is 29.2 Å². The Hall–Kier alpha value is -1.55. The lowest BCUT2D eigenvalue weighted by Crippen LogP contribution is -2.30. The third kappa shape index (κ3) is 6.69. The molecule has 0 radical (unpaired) electrons. The molecule has 138 valence electrons. The van der Waals surface area contributed by atoms with Crippen LogP contribution in [-0.4, -0.2) is 18.0 Å². The van der Waals surface area contributed by atoms with Crippen LogP contribution in [-0.2, 0) is 14.3 Å². The van der Waals surface area contributed by atoms with Crippen molar-refractivity contribution in [3.8, 4) is 0 Å². The number of carbonyl (C=O) groups is 2. The molecule has 4 nitrogen and oxygen atoms in total. The van der Waals surface area contributed by atoms with Crippen molar-refractivity contribution in [2.75, 3.05) is 5.32 Å². The van der Waals surface area contributed by atoms with Gasteiger partial charge < -0.3 is 10.1 Å². The van der Waals surface area contributed by atoms with Crippen LogP contribution in [0.4, 0.5) is 5.69 Å². The second kappa shape index (κ2) is 8.70. The first kappa shape index (κ1) is 19.8. The first-order chi connectivity index (χ1) is 11.7. The Balaban J connectivity index is 1.67. The van der Waals surface area contributed by atoms with Gasteiger partial charge in [0.25, 0.3) is 0 Å². The van der Waals surface area contributed by atoms with E-state index in [1.807, 2.05) is 0 Å². The minimum absolute atomic E-state index is 0.00502. The molecule has 0 aromatic heterocycles. The average Bonchev–Trinajstić information content (AvgIpc) is 2.55. The minimum atomic E-state index is -0.287. The van der Waals surface area contributed by atoms with Crippen LogP contribution in [0.25, 0.3) is 0 Å². The van der Waals surface area contributed by atoms with Crippen molar-refractivity contribution in [2.45, 2.75) is 65.4 Å². The monoisotopic (exact) mass is 365 g/mol. The highest BCUT2D eigenvalue weighted by Gasteiger charge is 2.31. The van der Waals surface area contributed by atoms with Gasteiger partial charge in [0.2, 0.25) is 5.91 Å². The SMILES string of the molecule is CC(C)(C)C1CCC(OC(=O)CCC(=O)Nc2ccc(Cl)cc2)CC1. The Morgan fingerprint density at radius 3 is 2.24 bits per heavy atom. The molecular formula is C20H28ClNO3. The van der Waals surface area contributed by atoms with Crippen LogP contribution in [0.1, 0.15) is 59.3 Å². The maximum absolute atomic E-state index is 12.0. The summed E-state index contributed by atoms with van der Waals surface area (Å²) in [5.74, 6) is 0.203. The maximum Gasteiger partial charge on any atom is 0.306 e. The summed E-state index contributed by atoms with van der Waals surface area (Å²) in [4.78, 5) is 23.9. The van der Waals surface area contributed by atoms with Crippen LogP contribution in [0.2, 0.25) is 5.02 Å². The molecule has 1 aliphatic carbocycles. The minimum Gasteiger partial charge on any atom is -0.462 e. The number of hydrogen-bond acceptors (Lipinski definition) is 3. The van der Waals surface area contributed by atoms with Gasteiger partial charge in [-0.2, -0.15) is 0 Å². The Bertz CT molecular complexity index is 584. The second-order valence-electron chi connectivity index (χ2n) is 7.88. The van der Waals surface area contributed by atoms with Crippen molar-refractivity contribution < 1.29 is 14.3 Å². The summed E-state index contributed by atoms with van der Waals surface area (Å²) in [6, 6.07) is 6.87. The van der Waals surface area contributed by atoms with Crippen LogP contribution in [0.15, 0.2) is 24.3 Å². The van der Waals surface area contributed by atoms with Crippen LogP contribution in [0.5, 0.6) is 0 Å². The zero-order valence-electron chi connectivity index (χ0n) is 15.3. The van der Waals surface area contributed by atoms with Crippen LogP contribution < -0.4 is 5.32 Å². The molecule has 0 unspecified atom stereocenters. The van der Waals surface area contributed by atoms with Gasteiger partial charge in [0.05, 0.1) is 6.42 Å². The fraction of sp³-hybridized carbons (Fsp3) is 0.600. The third-order valence-electron chi connectivity index (χ3n) is 4.88. The van der Waals surface area contributed by atoms with Gasteiger partial charge in [0.1, 0.15) is 6.10 Å². The fourth-order valence-corrected chi connectivity index (χ4v) is 3.39. The summed E-state index contributed by atoms with van der Waals surface area (Å²) in [7, 11) is 0. The van der Waals surface area contributed by atoms with E-state index >= 15 is 0 Å². The standard InChI is InChI=1S/C20H28ClNO3/c1-20(2,3)14-4-10-17(11-5-14)25-19(24)13-12-18(23)22-16-8-6-15(21)7-9-16/h6-9,14,17H,4-5,10-13H2,1-3H3,(H,22,23). The lowest BCUT2D eigenvalue weighted by atomic mass is 9.72. The van der Waals surface area contributed by atoms with Crippen molar-refractivity contribution in [3.05, 3.63) is 29.3 Å². The van der Waals surface area contributed by atoms with E-state index in [9.17, 15) is 9.59 Å². The summed E-state index contributed by atoms with van der Waals surface area (Å²) in [5, 5.41) is 3.36. The van der Waals surface area contributed by atoms with Crippen molar-refractivity contribution in [1.29, 1.82) is 0 Å². The predicted octanol–water partition coefficient (Wildman–Crippen LogP) is 5.21. The molecule has 0 atom stereocenters. The molecular weight excluding hydrogens is 338 g/mol. The summed E-state index contributed by atoms with van der Waals surface area (Å²) in [6.07, 6.45) is 4.27. The van der Waals surface area contributed by atoms with Gasteiger partial charge in [-0.25, -0.2) is 0 Å². The molecule has 1 aromatic rings. The van der Waals surface area contributed by atoms with E-state index in [4.69, 9.17) is 16.3 Å². The zero-order valence-corrected chi connectivity index (χ0v) is 16.1. The molecule has 0 bridgehead atoms. The number of hydrogen-bond donors (Lipinski definition) is 1. The summed E-state index contributed by atoms with van der Waals surface area (Å²) >= 11 is 5.80. The second-order valence-corrected chi connectivity index (χ2v) is 8.32. The molecule has 0 aliphatic heterocycles. The van der Waals surface area contributed by atoms with Gasteiger partial charge in [-0.15, -0.1) is 0 Å². The molecule has 0 spiro atoms. The molecule has 2 rings (SSSR count). The highest BCUT2D eigenvalue weighted by atomic mass is 35.5. The lowest BCUT2D eigenvalue weighted by Gasteiger charge is -2.36. The fourth-order valence-electron chi connectivity index (χ4n) is 3.26. The van der Waals surface area contributed by atoms with E-state index in [2.05, 4.69) is 26.1 Å². The molecule has 0 saturated heterocycles. The number of benzene rings is 1. The summed E-state index contributed by atoms with van der Waals surface area (Å²) < 4.78 is 5.53. The smallest absolute Gasteiger partial charge is 0.306 e. The van der Waals surface area contributed by atoms with Crippen molar-refractivity contribution in [2.24, 2.45) is 11.3 Å². The largest absolute Gasteiger partial charge is 0.462 e. The van der Waals surface area contributed by atoms with E-state index in [0.717, 1.165) is 25.7 Å². The van der Waals surface area contributed by atoms with Gasteiger partial charge >= 0.3 is 5.97 Å². The normalized spacial score (nSPS) is 20.8. The zero-order chi connectivity index (χ0) is 18.4. The van der Waals surface area contributed by atoms with Gasteiger partial charge in [-0.05, 0) is 61.3 Å². The number of nitrogens with one attached hydrogen (secondary N) is 1. The van der Waals surface area contributed by atoms with Crippen molar-refractivity contribution in [1.82, 2.24) is 0 Å². The quantitative estimate of drug-likeness (QED) is 0.729. The summed E-state index contributed by atoms with van der Waals surface area (Å²) in [6.45, 7) is 6.80. The predicted molar refractivity (Wildman–Crippen MR) is 101 cm³/mol. The Morgan fingerprint density at radius 1 is 1.08 bits per heavy atom. The Morgan fingerprint density at radius 2 is 1.68 bits per heavy atom. The Labute approximate surface area is 155 Å². The topological polar surface area (TPSA) is 55.4 Å². The molecule has 1 N–H and O–H groups in total. The highest BCUT2D eigenvalue weighted by Crippen LogP contribution is 2.38. The first-order valence-electron chi connectivity index (χ1n) is 8.99.